The van der Waals surface area contributed by atoms with Gasteiger partial charge in [-0.05, 0) is 36.5 Å². The highest BCUT2D eigenvalue weighted by molar-refractivity contribution is 5.74. The minimum atomic E-state index is -0.943. The Bertz CT molecular complexity index is 235. The van der Waals surface area contributed by atoms with Gasteiger partial charge >= 0.3 is 5.97 Å². The monoisotopic (exact) mass is 214 g/mol. The highest BCUT2D eigenvalue weighted by atomic mass is 16.5. The Kier molecular flexibility index (Phi) is 3.77. The molecule has 1 aliphatic carbocycles. The van der Waals surface area contributed by atoms with Gasteiger partial charge in [-0.3, -0.25) is 0 Å². The maximum Gasteiger partial charge on any atom is 0.334 e. The molecular weight excluding hydrogens is 192 g/mol. The van der Waals surface area contributed by atoms with Gasteiger partial charge in [-0.1, -0.05) is 20.8 Å². The molecule has 1 fully saturated rings. The number of hydrogen-bond acceptors (Lipinski definition) is 3. The molecule has 1 rings (SSSR count). The zero-order chi connectivity index (χ0) is 11.6. The van der Waals surface area contributed by atoms with Crippen LogP contribution in [0.1, 0.15) is 40.0 Å². The van der Waals surface area contributed by atoms with Crippen LogP contribution in [0.2, 0.25) is 0 Å². The maximum absolute atomic E-state index is 11.2. The van der Waals surface area contributed by atoms with Crippen molar-refractivity contribution >= 4 is 5.97 Å². The summed E-state index contributed by atoms with van der Waals surface area (Å²) in [5.41, 5.74) is 0.339. The van der Waals surface area contributed by atoms with Gasteiger partial charge in [0.05, 0.1) is 7.11 Å². The molecule has 1 saturated carbocycles. The molecule has 0 spiro atoms. The number of esters is 1. The molecule has 0 saturated heterocycles. The second-order valence-corrected chi connectivity index (χ2v) is 5.52. The fourth-order valence-corrected chi connectivity index (χ4v) is 2.73. The molecule has 0 aromatic heterocycles. The van der Waals surface area contributed by atoms with Gasteiger partial charge in [0.25, 0.3) is 0 Å². The van der Waals surface area contributed by atoms with Crippen molar-refractivity contribution in [2.75, 3.05) is 7.11 Å². The van der Waals surface area contributed by atoms with Gasteiger partial charge in [-0.2, -0.15) is 0 Å². The van der Waals surface area contributed by atoms with Gasteiger partial charge in [0.1, 0.15) is 0 Å². The van der Waals surface area contributed by atoms with Crippen molar-refractivity contribution in [1.82, 2.24) is 0 Å². The van der Waals surface area contributed by atoms with Gasteiger partial charge in [0.15, 0.2) is 6.10 Å². The second kappa shape index (κ2) is 4.52. The molecule has 3 nitrogen and oxygen atoms in total. The average molecular weight is 214 g/mol. The van der Waals surface area contributed by atoms with Crippen LogP contribution in [-0.2, 0) is 9.53 Å². The number of carbonyl (C=O) groups excluding carboxylic acids is 1. The van der Waals surface area contributed by atoms with E-state index in [0.717, 1.165) is 19.3 Å². The fourth-order valence-electron chi connectivity index (χ4n) is 2.73. The molecule has 0 aromatic rings. The van der Waals surface area contributed by atoms with E-state index < -0.39 is 12.1 Å². The summed E-state index contributed by atoms with van der Waals surface area (Å²) in [5.74, 6) is -0.0557. The van der Waals surface area contributed by atoms with Gasteiger partial charge in [-0.15, -0.1) is 0 Å². The lowest BCUT2D eigenvalue weighted by molar-refractivity contribution is -0.156. The number of ether oxygens (including phenoxy) is 1. The van der Waals surface area contributed by atoms with Crippen molar-refractivity contribution < 1.29 is 14.6 Å². The smallest absolute Gasteiger partial charge is 0.334 e. The number of aliphatic hydroxyl groups excluding tert-OH is 1. The molecule has 0 aromatic carbocycles. The number of carbonyl (C=O) groups is 1. The van der Waals surface area contributed by atoms with E-state index in [2.05, 4.69) is 25.5 Å². The summed E-state index contributed by atoms with van der Waals surface area (Å²) in [4.78, 5) is 11.2. The summed E-state index contributed by atoms with van der Waals surface area (Å²) in [6.07, 6.45) is 2.09. The van der Waals surface area contributed by atoms with Crippen LogP contribution in [0.15, 0.2) is 0 Å². The first-order valence-electron chi connectivity index (χ1n) is 5.63. The van der Waals surface area contributed by atoms with E-state index >= 15 is 0 Å². The third kappa shape index (κ3) is 2.94. The van der Waals surface area contributed by atoms with Crippen molar-refractivity contribution in [3.8, 4) is 0 Å². The summed E-state index contributed by atoms with van der Waals surface area (Å²) < 4.78 is 4.58. The lowest BCUT2D eigenvalue weighted by Gasteiger charge is -2.40. The van der Waals surface area contributed by atoms with Crippen molar-refractivity contribution in [3.63, 3.8) is 0 Å². The molecule has 0 amide bonds. The molecule has 1 aliphatic rings. The van der Waals surface area contributed by atoms with Gasteiger partial charge < -0.3 is 9.84 Å². The van der Waals surface area contributed by atoms with E-state index in [4.69, 9.17) is 0 Å². The Hall–Kier alpha value is -0.570. The Labute approximate surface area is 91.8 Å². The first-order valence-corrected chi connectivity index (χ1v) is 5.63. The molecule has 0 heterocycles. The zero-order valence-corrected chi connectivity index (χ0v) is 10.1. The van der Waals surface area contributed by atoms with Crippen LogP contribution in [0.5, 0.6) is 0 Å². The van der Waals surface area contributed by atoms with Crippen LogP contribution >= 0.6 is 0 Å². The number of methoxy groups -OCH3 is 1. The normalized spacial score (nSPS) is 32.1. The van der Waals surface area contributed by atoms with E-state index in [0.29, 0.717) is 11.3 Å². The molecule has 3 atom stereocenters. The van der Waals surface area contributed by atoms with E-state index in [9.17, 15) is 9.90 Å². The summed E-state index contributed by atoms with van der Waals surface area (Å²) in [6.45, 7) is 6.59. The van der Waals surface area contributed by atoms with Gasteiger partial charge in [-0.25, -0.2) is 4.79 Å². The molecule has 88 valence electrons. The summed E-state index contributed by atoms with van der Waals surface area (Å²) in [6, 6.07) is 0. The number of rotatable bonds is 2. The molecule has 0 aliphatic heterocycles. The molecule has 15 heavy (non-hydrogen) atoms. The van der Waals surface area contributed by atoms with Crippen molar-refractivity contribution in [1.29, 1.82) is 0 Å². The first kappa shape index (κ1) is 12.5. The van der Waals surface area contributed by atoms with Crippen molar-refractivity contribution in [3.05, 3.63) is 0 Å². The average Bonchev–Trinajstić information content (AvgIpc) is 2.14. The lowest BCUT2D eigenvalue weighted by atomic mass is 9.66. The third-order valence-electron chi connectivity index (χ3n) is 3.61. The van der Waals surface area contributed by atoms with Crippen LogP contribution in [0.3, 0.4) is 0 Å². The molecule has 3 heteroatoms. The zero-order valence-electron chi connectivity index (χ0n) is 10.1. The van der Waals surface area contributed by atoms with Crippen molar-refractivity contribution in [2.24, 2.45) is 17.3 Å². The molecule has 3 unspecified atom stereocenters. The molecule has 1 N–H and O–H groups in total. The van der Waals surface area contributed by atoms with Gasteiger partial charge in [0, 0.05) is 0 Å². The summed E-state index contributed by atoms with van der Waals surface area (Å²) >= 11 is 0. The Morgan fingerprint density at radius 1 is 1.53 bits per heavy atom. The Morgan fingerprint density at radius 3 is 2.60 bits per heavy atom. The van der Waals surface area contributed by atoms with E-state index in [1.807, 2.05) is 0 Å². The minimum absolute atomic E-state index is 0.0606. The third-order valence-corrected chi connectivity index (χ3v) is 3.61. The molecule has 0 radical (unpaired) electrons. The largest absolute Gasteiger partial charge is 0.467 e. The lowest BCUT2D eigenvalue weighted by Crippen LogP contribution is -2.39. The predicted molar refractivity (Wildman–Crippen MR) is 58.3 cm³/mol. The Morgan fingerprint density at radius 2 is 2.13 bits per heavy atom. The quantitative estimate of drug-likeness (QED) is 0.715. The minimum Gasteiger partial charge on any atom is -0.467 e. The van der Waals surface area contributed by atoms with Gasteiger partial charge in [0.2, 0.25) is 0 Å². The van der Waals surface area contributed by atoms with Crippen LogP contribution in [0.25, 0.3) is 0 Å². The fraction of sp³-hybridized carbons (Fsp3) is 0.917. The molecular formula is C12H22O3. The van der Waals surface area contributed by atoms with E-state index in [1.54, 1.807) is 0 Å². The summed E-state index contributed by atoms with van der Waals surface area (Å²) in [5, 5.41) is 9.81. The number of aliphatic hydroxyl groups is 1. The molecule has 0 bridgehead atoms. The SMILES string of the molecule is COC(=O)C(O)C1CCC(C)(C)CC1C. The second-order valence-electron chi connectivity index (χ2n) is 5.52. The predicted octanol–water partition coefficient (Wildman–Crippen LogP) is 1.98. The van der Waals surface area contributed by atoms with Crippen LogP contribution in [0, 0.1) is 17.3 Å². The first-order chi connectivity index (χ1) is 6.87. The van der Waals surface area contributed by atoms with Crippen LogP contribution in [0.4, 0.5) is 0 Å². The summed E-state index contributed by atoms with van der Waals surface area (Å²) in [7, 11) is 1.32. The topological polar surface area (TPSA) is 46.5 Å². The van der Waals surface area contributed by atoms with Crippen molar-refractivity contribution in [2.45, 2.75) is 46.1 Å². The highest BCUT2D eigenvalue weighted by Gasteiger charge is 2.38. The number of hydrogen-bond donors (Lipinski definition) is 1. The standard InChI is InChI=1S/C12H22O3/c1-8-7-12(2,3)6-5-9(8)10(13)11(14)15-4/h8-10,13H,5-7H2,1-4H3. The highest BCUT2D eigenvalue weighted by Crippen LogP contribution is 2.42. The van der Waals surface area contributed by atoms with Crippen LogP contribution in [-0.4, -0.2) is 24.3 Å². The Balaban J connectivity index is 2.62. The van der Waals surface area contributed by atoms with E-state index in [1.165, 1.54) is 7.11 Å². The maximum atomic E-state index is 11.2. The van der Waals surface area contributed by atoms with Crippen LogP contribution < -0.4 is 0 Å². The van der Waals surface area contributed by atoms with E-state index in [-0.39, 0.29) is 5.92 Å².